The Labute approximate surface area is 127 Å². The first-order chi connectivity index (χ1) is 9.99. The molecule has 1 fully saturated rings. The maximum atomic E-state index is 12.3. The zero-order valence-corrected chi connectivity index (χ0v) is 13.4. The zero-order chi connectivity index (χ0) is 15.4. The molecular formula is C17H25NO3. The van der Waals surface area contributed by atoms with E-state index < -0.39 is 0 Å². The van der Waals surface area contributed by atoms with Gasteiger partial charge in [-0.25, -0.2) is 0 Å². The summed E-state index contributed by atoms with van der Waals surface area (Å²) in [5.41, 5.74) is 1.10. The Hall–Kier alpha value is -1.71. The Morgan fingerprint density at radius 3 is 2.52 bits per heavy atom. The standard InChI is InChI=1S/C17H25NO3/c1-12-5-6-15(16(8-12)20-4)21-11-17(19)18-9-13(2)7-14(3)10-18/h5-6,8,13-14H,7,9-11H2,1-4H3. The third kappa shape index (κ3) is 4.13. The molecule has 1 amide bonds. The molecule has 21 heavy (non-hydrogen) atoms. The van der Waals surface area contributed by atoms with Crippen molar-refractivity contribution in [3.63, 3.8) is 0 Å². The third-order valence-corrected chi connectivity index (χ3v) is 3.89. The van der Waals surface area contributed by atoms with Crippen LogP contribution < -0.4 is 9.47 Å². The lowest BCUT2D eigenvalue weighted by Gasteiger charge is -2.34. The molecule has 1 saturated heterocycles. The summed E-state index contributed by atoms with van der Waals surface area (Å²) in [4.78, 5) is 14.2. The van der Waals surface area contributed by atoms with E-state index in [0.29, 0.717) is 23.3 Å². The Kier molecular flexibility index (Phi) is 5.10. The van der Waals surface area contributed by atoms with Gasteiger partial charge in [0.05, 0.1) is 7.11 Å². The van der Waals surface area contributed by atoms with Crippen LogP contribution >= 0.6 is 0 Å². The predicted octanol–water partition coefficient (Wildman–Crippen LogP) is 2.89. The molecule has 0 spiro atoms. The smallest absolute Gasteiger partial charge is 0.260 e. The number of hydrogen-bond acceptors (Lipinski definition) is 3. The van der Waals surface area contributed by atoms with Crippen LogP contribution in [0.3, 0.4) is 0 Å². The van der Waals surface area contributed by atoms with E-state index in [9.17, 15) is 4.79 Å². The Balaban J connectivity index is 1.95. The van der Waals surface area contributed by atoms with Crippen molar-refractivity contribution in [3.05, 3.63) is 23.8 Å². The van der Waals surface area contributed by atoms with E-state index in [0.717, 1.165) is 18.7 Å². The second-order valence-corrected chi connectivity index (χ2v) is 6.19. The van der Waals surface area contributed by atoms with Crippen LogP contribution in [0.4, 0.5) is 0 Å². The Bertz CT molecular complexity index is 491. The van der Waals surface area contributed by atoms with Gasteiger partial charge in [0.25, 0.3) is 5.91 Å². The number of aryl methyl sites for hydroxylation is 1. The number of methoxy groups -OCH3 is 1. The summed E-state index contributed by atoms with van der Waals surface area (Å²) in [6, 6.07) is 5.71. The molecule has 0 aliphatic carbocycles. The van der Waals surface area contributed by atoms with Crippen LogP contribution in [0.5, 0.6) is 11.5 Å². The number of benzene rings is 1. The number of ether oxygens (including phenoxy) is 2. The predicted molar refractivity (Wildman–Crippen MR) is 82.8 cm³/mol. The fraction of sp³-hybridized carbons (Fsp3) is 0.588. The molecule has 0 radical (unpaired) electrons. The van der Waals surface area contributed by atoms with Crippen LogP contribution in [0.2, 0.25) is 0 Å². The first-order valence-corrected chi connectivity index (χ1v) is 7.54. The molecule has 2 rings (SSSR count). The van der Waals surface area contributed by atoms with Crippen molar-refractivity contribution in [2.75, 3.05) is 26.8 Å². The maximum Gasteiger partial charge on any atom is 0.260 e. The van der Waals surface area contributed by atoms with Gasteiger partial charge in [0.15, 0.2) is 18.1 Å². The number of carbonyl (C=O) groups is 1. The monoisotopic (exact) mass is 291 g/mol. The van der Waals surface area contributed by atoms with E-state index in [4.69, 9.17) is 9.47 Å². The minimum Gasteiger partial charge on any atom is -0.493 e. The largest absolute Gasteiger partial charge is 0.493 e. The Morgan fingerprint density at radius 2 is 1.90 bits per heavy atom. The van der Waals surface area contributed by atoms with Gasteiger partial charge in [0.2, 0.25) is 0 Å². The van der Waals surface area contributed by atoms with Crippen LogP contribution in [0.1, 0.15) is 25.8 Å². The van der Waals surface area contributed by atoms with Crippen molar-refractivity contribution in [1.29, 1.82) is 0 Å². The number of amides is 1. The van der Waals surface area contributed by atoms with Gasteiger partial charge in [-0.2, -0.15) is 0 Å². The summed E-state index contributed by atoms with van der Waals surface area (Å²) in [7, 11) is 1.61. The molecule has 1 aromatic carbocycles. The molecule has 0 aromatic heterocycles. The summed E-state index contributed by atoms with van der Waals surface area (Å²) in [5.74, 6) is 2.46. The molecule has 116 valence electrons. The van der Waals surface area contributed by atoms with Gasteiger partial charge in [-0.15, -0.1) is 0 Å². The SMILES string of the molecule is COc1cc(C)ccc1OCC(=O)N1CC(C)CC(C)C1. The summed E-state index contributed by atoms with van der Waals surface area (Å²) in [5, 5.41) is 0. The molecule has 2 atom stereocenters. The van der Waals surface area contributed by atoms with E-state index in [1.165, 1.54) is 6.42 Å². The molecule has 1 aliphatic heterocycles. The number of carbonyl (C=O) groups excluding carboxylic acids is 1. The van der Waals surface area contributed by atoms with Gasteiger partial charge in [-0.05, 0) is 42.9 Å². The lowest BCUT2D eigenvalue weighted by Crippen LogP contribution is -2.44. The third-order valence-electron chi connectivity index (χ3n) is 3.89. The topological polar surface area (TPSA) is 38.8 Å². The molecule has 1 aliphatic rings. The summed E-state index contributed by atoms with van der Waals surface area (Å²) < 4.78 is 10.9. The first kappa shape index (κ1) is 15.7. The molecule has 2 unspecified atom stereocenters. The van der Waals surface area contributed by atoms with Crippen molar-refractivity contribution < 1.29 is 14.3 Å². The van der Waals surface area contributed by atoms with Crippen molar-refractivity contribution in [3.8, 4) is 11.5 Å². The molecular weight excluding hydrogens is 266 g/mol. The van der Waals surface area contributed by atoms with Crippen molar-refractivity contribution in [2.45, 2.75) is 27.2 Å². The second-order valence-electron chi connectivity index (χ2n) is 6.19. The van der Waals surface area contributed by atoms with Crippen LogP contribution in [-0.4, -0.2) is 37.6 Å². The lowest BCUT2D eigenvalue weighted by atomic mass is 9.92. The number of hydrogen-bond donors (Lipinski definition) is 0. The highest BCUT2D eigenvalue weighted by molar-refractivity contribution is 5.78. The van der Waals surface area contributed by atoms with E-state index in [1.807, 2.05) is 30.0 Å². The molecule has 0 bridgehead atoms. The Morgan fingerprint density at radius 1 is 1.24 bits per heavy atom. The van der Waals surface area contributed by atoms with Crippen molar-refractivity contribution >= 4 is 5.91 Å². The van der Waals surface area contributed by atoms with E-state index >= 15 is 0 Å². The zero-order valence-electron chi connectivity index (χ0n) is 13.4. The fourth-order valence-electron chi connectivity index (χ4n) is 2.99. The maximum absolute atomic E-state index is 12.3. The number of likely N-dealkylation sites (tertiary alicyclic amines) is 1. The van der Waals surface area contributed by atoms with E-state index in [1.54, 1.807) is 7.11 Å². The average Bonchev–Trinajstić information content (AvgIpc) is 2.44. The number of rotatable bonds is 4. The fourth-order valence-corrected chi connectivity index (χ4v) is 2.99. The molecule has 0 N–H and O–H groups in total. The highest BCUT2D eigenvalue weighted by Crippen LogP contribution is 2.28. The van der Waals surface area contributed by atoms with Crippen LogP contribution in [0, 0.1) is 18.8 Å². The second kappa shape index (κ2) is 6.83. The molecule has 4 nitrogen and oxygen atoms in total. The first-order valence-electron chi connectivity index (χ1n) is 7.54. The highest BCUT2D eigenvalue weighted by Gasteiger charge is 2.25. The lowest BCUT2D eigenvalue weighted by molar-refractivity contribution is -0.136. The summed E-state index contributed by atoms with van der Waals surface area (Å²) >= 11 is 0. The highest BCUT2D eigenvalue weighted by atomic mass is 16.5. The van der Waals surface area contributed by atoms with E-state index in [-0.39, 0.29) is 12.5 Å². The molecule has 0 saturated carbocycles. The molecule has 1 aromatic rings. The molecule has 4 heteroatoms. The summed E-state index contributed by atoms with van der Waals surface area (Å²) in [6.07, 6.45) is 1.19. The quantitative estimate of drug-likeness (QED) is 0.856. The van der Waals surface area contributed by atoms with Crippen molar-refractivity contribution in [2.24, 2.45) is 11.8 Å². The van der Waals surface area contributed by atoms with Gasteiger partial charge in [-0.3, -0.25) is 4.79 Å². The normalized spacial score (nSPS) is 22.0. The van der Waals surface area contributed by atoms with Gasteiger partial charge in [-0.1, -0.05) is 19.9 Å². The van der Waals surface area contributed by atoms with E-state index in [2.05, 4.69) is 13.8 Å². The minimum absolute atomic E-state index is 0.0519. The van der Waals surface area contributed by atoms with Crippen LogP contribution in [0.15, 0.2) is 18.2 Å². The van der Waals surface area contributed by atoms with Gasteiger partial charge in [0.1, 0.15) is 0 Å². The average molecular weight is 291 g/mol. The number of nitrogens with zero attached hydrogens (tertiary/aromatic N) is 1. The number of piperidine rings is 1. The molecule has 1 heterocycles. The van der Waals surface area contributed by atoms with Gasteiger partial charge < -0.3 is 14.4 Å². The van der Waals surface area contributed by atoms with Crippen LogP contribution in [0.25, 0.3) is 0 Å². The van der Waals surface area contributed by atoms with Crippen molar-refractivity contribution in [1.82, 2.24) is 4.90 Å². The van der Waals surface area contributed by atoms with Gasteiger partial charge in [0, 0.05) is 13.1 Å². The minimum atomic E-state index is 0.0519. The van der Waals surface area contributed by atoms with Gasteiger partial charge >= 0.3 is 0 Å². The summed E-state index contributed by atoms with van der Waals surface area (Å²) in [6.45, 7) is 8.11. The van der Waals surface area contributed by atoms with Crippen LogP contribution in [-0.2, 0) is 4.79 Å².